The lowest BCUT2D eigenvalue weighted by molar-refractivity contribution is -0.0443. The first kappa shape index (κ1) is 18.5. The van der Waals surface area contributed by atoms with E-state index in [-0.39, 0.29) is 24.5 Å². The SMILES string of the molecule is CCOC(=O)c1cccc2c1[C@H]1OCCC[C@H]1[C@@H](C1CCCC1)N2.Cl. The van der Waals surface area contributed by atoms with Gasteiger partial charge in [-0.25, -0.2) is 4.79 Å². The highest BCUT2D eigenvalue weighted by molar-refractivity contribution is 5.93. The van der Waals surface area contributed by atoms with Gasteiger partial charge in [-0.15, -0.1) is 12.4 Å². The van der Waals surface area contributed by atoms with Gasteiger partial charge in [0.2, 0.25) is 0 Å². The summed E-state index contributed by atoms with van der Waals surface area (Å²) in [4.78, 5) is 12.4. The molecule has 0 spiro atoms. The number of hydrogen-bond acceptors (Lipinski definition) is 4. The molecule has 0 unspecified atom stereocenters. The van der Waals surface area contributed by atoms with Crippen molar-refractivity contribution in [2.45, 2.75) is 57.6 Å². The summed E-state index contributed by atoms with van der Waals surface area (Å²) >= 11 is 0. The van der Waals surface area contributed by atoms with Gasteiger partial charge in [0, 0.05) is 29.8 Å². The minimum Gasteiger partial charge on any atom is -0.462 e. The molecule has 2 heterocycles. The number of halogens is 1. The fraction of sp³-hybridized carbons (Fsp3) is 0.650. The van der Waals surface area contributed by atoms with Crippen molar-refractivity contribution in [3.63, 3.8) is 0 Å². The highest BCUT2D eigenvalue weighted by Crippen LogP contribution is 2.49. The molecule has 0 aromatic heterocycles. The Kier molecular flexibility index (Phi) is 5.90. The molecule has 2 fully saturated rings. The summed E-state index contributed by atoms with van der Waals surface area (Å²) in [6.45, 7) is 3.03. The normalized spacial score (nSPS) is 28.3. The van der Waals surface area contributed by atoms with Gasteiger partial charge in [-0.1, -0.05) is 18.9 Å². The summed E-state index contributed by atoms with van der Waals surface area (Å²) in [6, 6.07) is 6.40. The third kappa shape index (κ3) is 3.39. The molecule has 1 N–H and O–H groups in total. The maximum absolute atomic E-state index is 12.4. The lowest BCUT2D eigenvalue weighted by atomic mass is 9.74. The van der Waals surface area contributed by atoms with Crippen molar-refractivity contribution < 1.29 is 14.3 Å². The van der Waals surface area contributed by atoms with Crippen LogP contribution in [-0.4, -0.2) is 25.2 Å². The Morgan fingerprint density at radius 2 is 2.04 bits per heavy atom. The van der Waals surface area contributed by atoms with Crippen LogP contribution >= 0.6 is 12.4 Å². The van der Waals surface area contributed by atoms with Gasteiger partial charge in [-0.05, 0) is 50.7 Å². The summed E-state index contributed by atoms with van der Waals surface area (Å²) in [5, 5.41) is 3.79. The van der Waals surface area contributed by atoms with Crippen LogP contribution in [0.3, 0.4) is 0 Å². The smallest absolute Gasteiger partial charge is 0.338 e. The molecule has 5 heteroatoms. The Bertz CT molecular complexity index is 615. The van der Waals surface area contributed by atoms with Gasteiger partial charge in [0.15, 0.2) is 0 Å². The van der Waals surface area contributed by atoms with Crippen LogP contribution in [0.2, 0.25) is 0 Å². The van der Waals surface area contributed by atoms with E-state index in [1.165, 1.54) is 32.1 Å². The predicted molar refractivity (Wildman–Crippen MR) is 100 cm³/mol. The number of benzene rings is 1. The molecule has 4 rings (SSSR count). The zero-order chi connectivity index (χ0) is 16.5. The van der Waals surface area contributed by atoms with Gasteiger partial charge in [0.1, 0.15) is 0 Å². The minimum atomic E-state index is -0.233. The van der Waals surface area contributed by atoms with Gasteiger partial charge < -0.3 is 14.8 Å². The first-order chi connectivity index (χ1) is 11.8. The van der Waals surface area contributed by atoms with Gasteiger partial charge in [-0.2, -0.15) is 0 Å². The van der Waals surface area contributed by atoms with Crippen molar-refractivity contribution in [3.8, 4) is 0 Å². The number of carbonyl (C=O) groups excluding carboxylic acids is 1. The molecule has 138 valence electrons. The van der Waals surface area contributed by atoms with Crippen LogP contribution in [0.25, 0.3) is 0 Å². The first-order valence-corrected chi connectivity index (χ1v) is 9.47. The largest absolute Gasteiger partial charge is 0.462 e. The molecule has 1 aliphatic carbocycles. The van der Waals surface area contributed by atoms with Crippen molar-refractivity contribution in [2.24, 2.45) is 11.8 Å². The molecule has 0 bridgehead atoms. The molecule has 1 saturated heterocycles. The van der Waals surface area contributed by atoms with E-state index < -0.39 is 0 Å². The van der Waals surface area contributed by atoms with E-state index in [0.717, 1.165) is 30.2 Å². The topological polar surface area (TPSA) is 47.6 Å². The molecule has 3 atom stereocenters. The zero-order valence-electron chi connectivity index (χ0n) is 14.8. The molecule has 3 aliphatic rings. The Hall–Kier alpha value is -1.26. The second-order valence-corrected chi connectivity index (χ2v) is 7.30. The molecular formula is C20H28ClNO3. The van der Waals surface area contributed by atoms with E-state index in [0.29, 0.717) is 24.1 Å². The van der Waals surface area contributed by atoms with Gasteiger partial charge in [-0.3, -0.25) is 0 Å². The highest BCUT2D eigenvalue weighted by atomic mass is 35.5. The number of nitrogens with one attached hydrogen (secondary N) is 1. The molecule has 0 radical (unpaired) electrons. The number of carbonyl (C=O) groups is 1. The van der Waals surface area contributed by atoms with E-state index >= 15 is 0 Å². The average Bonchev–Trinajstić information content (AvgIpc) is 3.15. The molecule has 0 amide bonds. The standard InChI is InChI=1S/C20H27NO3.ClH/c1-2-23-20(22)14-9-5-11-16-17(14)19-15(10-6-12-24-19)18(21-16)13-7-3-4-8-13;/h5,9,11,13,15,18-19,21H,2-4,6-8,10,12H2,1H3;1H/t15-,18+,19-;/m0./s1. The Morgan fingerprint density at radius 3 is 2.80 bits per heavy atom. The second-order valence-electron chi connectivity index (χ2n) is 7.30. The fourth-order valence-electron chi connectivity index (χ4n) is 4.92. The predicted octanol–water partition coefficient (Wildman–Crippen LogP) is 4.74. The van der Waals surface area contributed by atoms with E-state index in [1.807, 2.05) is 19.1 Å². The van der Waals surface area contributed by atoms with Crippen molar-refractivity contribution in [3.05, 3.63) is 29.3 Å². The summed E-state index contributed by atoms with van der Waals surface area (Å²) in [5.74, 6) is 0.965. The van der Waals surface area contributed by atoms with Crippen LogP contribution in [0, 0.1) is 11.8 Å². The van der Waals surface area contributed by atoms with Crippen LogP contribution in [0.1, 0.15) is 67.5 Å². The van der Waals surface area contributed by atoms with Crippen molar-refractivity contribution >= 4 is 24.1 Å². The summed E-state index contributed by atoms with van der Waals surface area (Å²) in [7, 11) is 0. The molecule has 2 aliphatic heterocycles. The fourth-order valence-corrected chi connectivity index (χ4v) is 4.92. The molecule has 1 aromatic carbocycles. The Morgan fingerprint density at radius 1 is 1.24 bits per heavy atom. The van der Waals surface area contributed by atoms with Crippen molar-refractivity contribution in [1.29, 1.82) is 0 Å². The molecule has 1 aromatic rings. The van der Waals surface area contributed by atoms with E-state index in [4.69, 9.17) is 9.47 Å². The molecule has 4 nitrogen and oxygen atoms in total. The highest BCUT2D eigenvalue weighted by Gasteiger charge is 2.44. The molecule has 25 heavy (non-hydrogen) atoms. The summed E-state index contributed by atoms with van der Waals surface area (Å²) in [6.07, 6.45) is 7.63. The lowest BCUT2D eigenvalue weighted by Crippen LogP contribution is -2.45. The first-order valence-electron chi connectivity index (χ1n) is 9.47. The Balaban J connectivity index is 0.00000182. The van der Waals surface area contributed by atoms with Gasteiger partial charge >= 0.3 is 5.97 Å². The van der Waals surface area contributed by atoms with Crippen LogP contribution in [0.4, 0.5) is 5.69 Å². The number of hydrogen-bond donors (Lipinski definition) is 1. The van der Waals surface area contributed by atoms with Gasteiger partial charge in [0.05, 0.1) is 18.3 Å². The van der Waals surface area contributed by atoms with Crippen LogP contribution < -0.4 is 5.32 Å². The Labute approximate surface area is 156 Å². The van der Waals surface area contributed by atoms with Gasteiger partial charge in [0.25, 0.3) is 0 Å². The quantitative estimate of drug-likeness (QED) is 0.786. The number of rotatable bonds is 3. The minimum absolute atomic E-state index is 0. The zero-order valence-corrected chi connectivity index (χ0v) is 15.6. The van der Waals surface area contributed by atoms with E-state index in [9.17, 15) is 4.79 Å². The second kappa shape index (κ2) is 7.96. The maximum atomic E-state index is 12.4. The molecule has 1 saturated carbocycles. The van der Waals surface area contributed by atoms with Crippen LogP contribution in [0.15, 0.2) is 18.2 Å². The van der Waals surface area contributed by atoms with E-state index in [1.54, 1.807) is 0 Å². The lowest BCUT2D eigenvalue weighted by Gasteiger charge is -2.46. The number of anilines is 1. The van der Waals surface area contributed by atoms with Crippen LogP contribution in [0.5, 0.6) is 0 Å². The summed E-state index contributed by atoms with van der Waals surface area (Å²) in [5.41, 5.74) is 2.76. The third-order valence-corrected chi connectivity index (χ3v) is 5.95. The number of esters is 1. The van der Waals surface area contributed by atoms with E-state index in [2.05, 4.69) is 11.4 Å². The van der Waals surface area contributed by atoms with Crippen LogP contribution in [-0.2, 0) is 9.47 Å². The average molecular weight is 366 g/mol. The van der Waals surface area contributed by atoms with Crippen molar-refractivity contribution in [2.75, 3.05) is 18.5 Å². The maximum Gasteiger partial charge on any atom is 0.338 e. The number of ether oxygens (including phenoxy) is 2. The molecular weight excluding hydrogens is 338 g/mol. The number of fused-ring (bicyclic) bond motifs is 3. The van der Waals surface area contributed by atoms with Crippen molar-refractivity contribution in [1.82, 2.24) is 0 Å². The monoisotopic (exact) mass is 365 g/mol. The third-order valence-electron chi connectivity index (χ3n) is 5.95. The summed E-state index contributed by atoms with van der Waals surface area (Å²) < 4.78 is 11.5.